The van der Waals surface area contributed by atoms with E-state index in [2.05, 4.69) is 23.4 Å². The first-order valence-electron chi connectivity index (χ1n) is 6.49. The van der Waals surface area contributed by atoms with Crippen molar-refractivity contribution in [1.29, 1.82) is 0 Å². The Morgan fingerprint density at radius 1 is 1.61 bits per heavy atom. The Bertz CT molecular complexity index is 420. The van der Waals surface area contributed by atoms with Crippen LogP contribution in [0.1, 0.15) is 42.1 Å². The summed E-state index contributed by atoms with van der Waals surface area (Å²) in [7, 11) is 0. The number of nitrogens with zero attached hydrogens (tertiary/aromatic N) is 3. The van der Waals surface area contributed by atoms with Gasteiger partial charge in [0.15, 0.2) is 0 Å². The minimum Gasteiger partial charge on any atom is -0.336 e. The van der Waals surface area contributed by atoms with Gasteiger partial charge in [-0.15, -0.1) is 5.10 Å². The molecule has 0 spiro atoms. The fourth-order valence-corrected chi connectivity index (χ4v) is 2.88. The number of carbonyl (C=O) groups is 1. The Hall–Kier alpha value is -1.01. The van der Waals surface area contributed by atoms with Crippen molar-refractivity contribution in [1.82, 2.24) is 14.5 Å². The van der Waals surface area contributed by atoms with Crippen LogP contribution in [0.25, 0.3) is 0 Å². The average molecular weight is 268 g/mol. The summed E-state index contributed by atoms with van der Waals surface area (Å²) >= 11 is 1.20. The van der Waals surface area contributed by atoms with Gasteiger partial charge in [0.05, 0.1) is 5.69 Å². The molecule has 1 saturated heterocycles. The molecule has 1 fully saturated rings. The largest absolute Gasteiger partial charge is 0.336 e. The van der Waals surface area contributed by atoms with Crippen molar-refractivity contribution in [3.8, 4) is 0 Å². The number of amides is 1. The monoisotopic (exact) mass is 268 g/mol. The van der Waals surface area contributed by atoms with Gasteiger partial charge in [-0.25, -0.2) is 0 Å². The maximum Gasteiger partial charge on any atom is 0.267 e. The van der Waals surface area contributed by atoms with Crippen LogP contribution in [-0.2, 0) is 6.42 Å². The van der Waals surface area contributed by atoms with Gasteiger partial charge in [-0.2, -0.15) is 0 Å². The molecule has 5 nitrogen and oxygen atoms in total. The molecule has 18 heavy (non-hydrogen) atoms. The number of carbonyl (C=O) groups excluding carboxylic acids is 1. The number of rotatable bonds is 3. The minimum atomic E-state index is 0.0517. The molecule has 0 aliphatic carbocycles. The Morgan fingerprint density at radius 3 is 3.06 bits per heavy atom. The van der Waals surface area contributed by atoms with Crippen LogP contribution >= 0.6 is 11.5 Å². The van der Waals surface area contributed by atoms with E-state index in [0.717, 1.165) is 31.5 Å². The fourth-order valence-electron chi connectivity index (χ4n) is 2.20. The molecule has 6 heteroatoms. The molecule has 0 bridgehead atoms. The summed E-state index contributed by atoms with van der Waals surface area (Å²) in [5.41, 5.74) is 6.87. The molecule has 1 aromatic heterocycles. The Balaban J connectivity index is 2.09. The van der Waals surface area contributed by atoms with Gasteiger partial charge in [-0.05, 0) is 30.3 Å². The van der Waals surface area contributed by atoms with Gasteiger partial charge >= 0.3 is 0 Å². The van der Waals surface area contributed by atoms with E-state index in [1.807, 2.05) is 4.90 Å². The number of piperidine rings is 1. The van der Waals surface area contributed by atoms with Crippen molar-refractivity contribution < 1.29 is 4.79 Å². The van der Waals surface area contributed by atoms with E-state index in [9.17, 15) is 4.79 Å². The molecule has 100 valence electrons. The third-order valence-electron chi connectivity index (χ3n) is 3.54. The smallest absolute Gasteiger partial charge is 0.267 e. The zero-order chi connectivity index (χ0) is 13.1. The summed E-state index contributed by atoms with van der Waals surface area (Å²) in [4.78, 5) is 14.9. The average Bonchev–Trinajstić information content (AvgIpc) is 2.80. The molecule has 2 rings (SSSR count). The van der Waals surface area contributed by atoms with Gasteiger partial charge in [0.2, 0.25) is 0 Å². The highest BCUT2D eigenvalue weighted by Gasteiger charge is 2.29. The molecule has 0 saturated carbocycles. The van der Waals surface area contributed by atoms with Crippen molar-refractivity contribution in [2.24, 2.45) is 11.7 Å². The molecule has 2 atom stereocenters. The van der Waals surface area contributed by atoms with E-state index >= 15 is 0 Å². The molecular formula is C12H20N4OS. The van der Waals surface area contributed by atoms with Crippen LogP contribution < -0.4 is 5.73 Å². The summed E-state index contributed by atoms with van der Waals surface area (Å²) < 4.78 is 3.90. The van der Waals surface area contributed by atoms with E-state index in [0.29, 0.717) is 17.3 Å². The second kappa shape index (κ2) is 5.75. The maximum atomic E-state index is 12.4. The zero-order valence-corrected chi connectivity index (χ0v) is 11.7. The van der Waals surface area contributed by atoms with Crippen LogP contribution in [0.15, 0.2) is 0 Å². The first-order chi connectivity index (χ1) is 8.63. The summed E-state index contributed by atoms with van der Waals surface area (Å²) in [5, 5.41) is 4.05. The summed E-state index contributed by atoms with van der Waals surface area (Å²) in [6, 6.07) is 0.0817. The third-order valence-corrected chi connectivity index (χ3v) is 4.30. The van der Waals surface area contributed by atoms with Gasteiger partial charge in [-0.1, -0.05) is 24.8 Å². The molecule has 1 aliphatic heterocycles. The van der Waals surface area contributed by atoms with Crippen LogP contribution in [0.3, 0.4) is 0 Å². The van der Waals surface area contributed by atoms with Crippen LogP contribution in [0.4, 0.5) is 0 Å². The first kappa shape index (κ1) is 13.4. The van der Waals surface area contributed by atoms with Gasteiger partial charge < -0.3 is 10.6 Å². The molecule has 2 heterocycles. The lowest BCUT2D eigenvalue weighted by Gasteiger charge is -2.34. The molecule has 1 aromatic rings. The van der Waals surface area contributed by atoms with Crippen LogP contribution in [-0.4, -0.2) is 39.5 Å². The first-order valence-corrected chi connectivity index (χ1v) is 7.27. The fraction of sp³-hybridized carbons (Fsp3) is 0.750. The molecular weight excluding hydrogens is 248 g/mol. The lowest BCUT2D eigenvalue weighted by Crippen LogP contribution is -2.49. The highest BCUT2D eigenvalue weighted by atomic mass is 32.1. The quantitative estimate of drug-likeness (QED) is 0.897. The van der Waals surface area contributed by atoms with Gasteiger partial charge in [0.1, 0.15) is 4.88 Å². The van der Waals surface area contributed by atoms with E-state index in [1.54, 1.807) is 0 Å². The molecule has 0 aromatic carbocycles. The van der Waals surface area contributed by atoms with Gasteiger partial charge in [-0.3, -0.25) is 4.79 Å². The number of aromatic nitrogens is 2. The van der Waals surface area contributed by atoms with E-state index in [1.165, 1.54) is 11.5 Å². The number of nitrogens with two attached hydrogens (primary N) is 1. The molecule has 1 aliphatic rings. The second-order valence-corrected chi connectivity index (χ2v) is 5.73. The van der Waals surface area contributed by atoms with Crippen LogP contribution in [0, 0.1) is 5.92 Å². The van der Waals surface area contributed by atoms with Crippen molar-refractivity contribution in [2.75, 3.05) is 13.1 Å². The predicted molar refractivity (Wildman–Crippen MR) is 71.6 cm³/mol. The summed E-state index contributed by atoms with van der Waals surface area (Å²) in [6.07, 6.45) is 2.76. The van der Waals surface area contributed by atoms with Crippen molar-refractivity contribution >= 4 is 17.4 Å². The number of hydrogen-bond donors (Lipinski definition) is 1. The summed E-state index contributed by atoms with van der Waals surface area (Å²) in [6.45, 7) is 5.65. The lowest BCUT2D eigenvalue weighted by molar-refractivity contribution is 0.0676. The number of aryl methyl sites for hydroxylation is 1. The van der Waals surface area contributed by atoms with Crippen molar-refractivity contribution in [3.05, 3.63) is 10.6 Å². The third kappa shape index (κ3) is 2.70. The maximum absolute atomic E-state index is 12.4. The molecule has 2 unspecified atom stereocenters. The van der Waals surface area contributed by atoms with E-state index in [-0.39, 0.29) is 11.9 Å². The molecule has 0 radical (unpaired) electrons. The Kier molecular flexibility index (Phi) is 4.29. The van der Waals surface area contributed by atoms with Crippen molar-refractivity contribution in [2.45, 2.75) is 39.2 Å². The van der Waals surface area contributed by atoms with Crippen molar-refractivity contribution in [3.63, 3.8) is 0 Å². The van der Waals surface area contributed by atoms with Crippen LogP contribution in [0.5, 0.6) is 0 Å². The van der Waals surface area contributed by atoms with E-state index < -0.39 is 0 Å². The second-order valence-electron chi connectivity index (χ2n) is 4.98. The summed E-state index contributed by atoms with van der Waals surface area (Å²) in [5.74, 6) is 0.541. The number of hydrogen-bond acceptors (Lipinski definition) is 5. The predicted octanol–water partition coefficient (Wildman–Crippen LogP) is 1.30. The van der Waals surface area contributed by atoms with Crippen LogP contribution in [0.2, 0.25) is 0 Å². The standard InChI is InChI=1S/C12H20N4OS/c1-3-4-10-11(18-15-14-10)12(17)16-6-5-8(2)9(13)7-16/h8-9H,3-7,13H2,1-2H3. The Morgan fingerprint density at radius 2 is 2.39 bits per heavy atom. The normalized spacial score (nSPS) is 24.3. The zero-order valence-electron chi connectivity index (χ0n) is 10.9. The topological polar surface area (TPSA) is 72.1 Å². The molecule has 1 amide bonds. The van der Waals surface area contributed by atoms with Gasteiger partial charge in [0.25, 0.3) is 5.91 Å². The highest BCUT2D eigenvalue weighted by molar-refractivity contribution is 7.08. The lowest BCUT2D eigenvalue weighted by atomic mass is 9.94. The van der Waals surface area contributed by atoms with Gasteiger partial charge in [0, 0.05) is 19.1 Å². The SMILES string of the molecule is CCCc1nnsc1C(=O)N1CCC(C)C(N)C1. The minimum absolute atomic E-state index is 0.0517. The number of likely N-dealkylation sites (tertiary alicyclic amines) is 1. The highest BCUT2D eigenvalue weighted by Crippen LogP contribution is 2.20. The molecule has 2 N–H and O–H groups in total. The van der Waals surface area contributed by atoms with E-state index in [4.69, 9.17) is 5.73 Å². The Labute approximate surface area is 112 Å².